The Morgan fingerprint density at radius 3 is 1.36 bits per heavy atom. The van der Waals surface area contributed by atoms with Crippen LogP contribution in [0.25, 0.3) is 0 Å². The Morgan fingerprint density at radius 2 is 1.18 bits per heavy atom. The maximum absolute atomic E-state index is 9.60. The van der Waals surface area contributed by atoms with Crippen molar-refractivity contribution in [1.82, 2.24) is 0 Å². The molecule has 0 atom stereocenters. The molecule has 0 radical (unpaired) electrons. The molecule has 6 nitrogen and oxygen atoms in total. The third-order valence-electron chi connectivity index (χ3n) is 2.40. The average Bonchev–Trinajstić information content (AvgIpc) is 2.37. The van der Waals surface area contributed by atoms with Gasteiger partial charge in [0.05, 0.1) is 0 Å². The average molecular weight is 314 g/mol. The number of carbonyl (C=O) groups is 2. The summed E-state index contributed by atoms with van der Waals surface area (Å²) in [6, 6.07) is 3.06. The molecule has 0 saturated heterocycles. The van der Waals surface area contributed by atoms with Crippen molar-refractivity contribution >= 4 is 11.9 Å². The summed E-state index contributed by atoms with van der Waals surface area (Å²) < 4.78 is 0. The largest absolute Gasteiger partial charge is 0.508 e. The predicted octanol–water partition coefficient (Wildman–Crippen LogP) is 3.46. The van der Waals surface area contributed by atoms with Gasteiger partial charge in [-0.15, -0.1) is 0 Å². The van der Waals surface area contributed by atoms with Crippen molar-refractivity contribution in [2.45, 2.75) is 53.4 Å². The molecule has 0 heterocycles. The molecule has 0 aliphatic heterocycles. The highest BCUT2D eigenvalue weighted by molar-refractivity contribution is 5.66. The van der Waals surface area contributed by atoms with Gasteiger partial charge in [0.25, 0.3) is 0 Å². The van der Waals surface area contributed by atoms with E-state index in [0.29, 0.717) is 24.0 Å². The summed E-state index contributed by atoms with van der Waals surface area (Å²) in [5.74, 6) is -0.958. The number of phenolic OH excluding ortho intramolecular Hbond substituents is 2. The van der Waals surface area contributed by atoms with Gasteiger partial charge in [0.15, 0.2) is 0 Å². The Labute approximate surface area is 131 Å². The quantitative estimate of drug-likeness (QED) is 0.633. The Bertz CT molecular complexity index is 429. The van der Waals surface area contributed by atoms with Crippen molar-refractivity contribution in [2.24, 2.45) is 0 Å². The predicted molar refractivity (Wildman–Crippen MR) is 84.3 cm³/mol. The highest BCUT2D eigenvalue weighted by Gasteiger charge is 2.00. The number of carboxylic acid groups (broad SMARTS) is 2. The molecule has 4 N–H and O–H groups in total. The fraction of sp³-hybridized carbons (Fsp3) is 0.500. The summed E-state index contributed by atoms with van der Waals surface area (Å²) in [5.41, 5.74) is 1.41. The number of aryl methyl sites for hydroxylation is 2. The highest BCUT2D eigenvalue weighted by Crippen LogP contribution is 2.25. The molecule has 0 saturated carbocycles. The van der Waals surface area contributed by atoms with Gasteiger partial charge in [-0.1, -0.05) is 13.8 Å². The lowest BCUT2D eigenvalue weighted by Gasteiger charge is -2.02. The van der Waals surface area contributed by atoms with E-state index in [0.717, 1.165) is 12.8 Å². The first-order valence-electron chi connectivity index (χ1n) is 7.08. The zero-order valence-corrected chi connectivity index (χ0v) is 13.6. The van der Waals surface area contributed by atoms with Crippen LogP contribution in [0, 0.1) is 13.8 Å². The molecule has 0 spiro atoms. The van der Waals surface area contributed by atoms with Gasteiger partial charge in [-0.2, -0.15) is 0 Å². The Morgan fingerprint density at radius 1 is 0.864 bits per heavy atom. The van der Waals surface area contributed by atoms with E-state index < -0.39 is 11.9 Å². The van der Waals surface area contributed by atoms with Gasteiger partial charge in [0.1, 0.15) is 11.5 Å². The maximum atomic E-state index is 9.60. The summed E-state index contributed by atoms with van der Waals surface area (Å²) >= 11 is 0. The smallest absolute Gasteiger partial charge is 0.303 e. The number of hydrogen-bond acceptors (Lipinski definition) is 4. The molecule has 6 heteroatoms. The molecule has 0 amide bonds. The van der Waals surface area contributed by atoms with E-state index in [-0.39, 0.29) is 11.5 Å². The number of benzene rings is 1. The first-order chi connectivity index (χ1) is 10.1. The van der Waals surface area contributed by atoms with Crippen molar-refractivity contribution < 1.29 is 30.0 Å². The minimum Gasteiger partial charge on any atom is -0.508 e. The zero-order chi connectivity index (χ0) is 17.7. The summed E-state index contributed by atoms with van der Waals surface area (Å²) in [6.07, 6.45) is 2.05. The second-order valence-corrected chi connectivity index (χ2v) is 4.72. The van der Waals surface area contributed by atoms with Gasteiger partial charge < -0.3 is 20.4 Å². The third-order valence-corrected chi connectivity index (χ3v) is 2.40. The van der Waals surface area contributed by atoms with E-state index in [1.165, 1.54) is 12.1 Å². The fourth-order valence-corrected chi connectivity index (χ4v) is 1.36. The normalized spacial score (nSPS) is 8.91. The summed E-state index contributed by atoms with van der Waals surface area (Å²) in [5, 5.41) is 34.1. The van der Waals surface area contributed by atoms with Crippen LogP contribution in [0.3, 0.4) is 0 Å². The van der Waals surface area contributed by atoms with Crippen LogP contribution in [0.15, 0.2) is 12.1 Å². The van der Waals surface area contributed by atoms with Crippen LogP contribution in [0.4, 0.5) is 0 Å². The van der Waals surface area contributed by atoms with Gasteiger partial charge in [-0.05, 0) is 49.9 Å². The van der Waals surface area contributed by atoms with Gasteiger partial charge in [-0.3, -0.25) is 9.59 Å². The van der Waals surface area contributed by atoms with E-state index in [4.69, 9.17) is 15.3 Å². The zero-order valence-electron chi connectivity index (χ0n) is 13.6. The molecule has 0 fully saturated rings. The maximum Gasteiger partial charge on any atom is 0.303 e. The number of carboxylic acids is 2. The van der Waals surface area contributed by atoms with Crippen LogP contribution in [0.1, 0.15) is 50.7 Å². The fourth-order valence-electron chi connectivity index (χ4n) is 1.36. The first-order valence-corrected chi connectivity index (χ1v) is 7.08. The first kappa shape index (κ1) is 22.0. The number of aliphatic carboxylic acids is 2. The second kappa shape index (κ2) is 12.5. The molecule has 0 aliphatic carbocycles. The van der Waals surface area contributed by atoms with Crippen LogP contribution in [-0.4, -0.2) is 32.4 Å². The van der Waals surface area contributed by atoms with Crippen molar-refractivity contribution in [3.05, 3.63) is 23.3 Å². The summed E-state index contributed by atoms with van der Waals surface area (Å²) in [6.45, 7) is 7.19. The highest BCUT2D eigenvalue weighted by atomic mass is 16.4. The van der Waals surface area contributed by atoms with E-state index in [2.05, 4.69) is 0 Å². The van der Waals surface area contributed by atoms with Crippen molar-refractivity contribution in [1.29, 1.82) is 0 Å². The molecule has 1 aromatic rings. The van der Waals surface area contributed by atoms with Gasteiger partial charge in [-0.25, -0.2) is 0 Å². The van der Waals surface area contributed by atoms with Gasteiger partial charge >= 0.3 is 11.9 Å². The summed E-state index contributed by atoms with van der Waals surface area (Å²) in [4.78, 5) is 19.2. The molecule has 0 aromatic heterocycles. The monoisotopic (exact) mass is 314 g/mol. The molecule has 1 aromatic carbocycles. The second-order valence-electron chi connectivity index (χ2n) is 4.72. The van der Waals surface area contributed by atoms with Crippen LogP contribution < -0.4 is 0 Å². The Kier molecular flexibility index (Phi) is 12.5. The van der Waals surface area contributed by atoms with Gasteiger partial charge in [0, 0.05) is 12.8 Å². The van der Waals surface area contributed by atoms with Crippen molar-refractivity contribution in [3.63, 3.8) is 0 Å². The van der Waals surface area contributed by atoms with Gasteiger partial charge in [0.2, 0.25) is 0 Å². The molecule has 0 unspecified atom stereocenters. The number of rotatable bonds is 4. The standard InChI is InChI=1S/C8H10O2.2C4H8O2/c1-5-3-7(9)4-6(2)8(5)10;2*1-2-3-4(5)6/h3-4,9-10H,1-2H3;2*2-3H2,1H3,(H,5,6). The molecular formula is C16H26O6. The van der Waals surface area contributed by atoms with E-state index in [1.807, 2.05) is 13.8 Å². The van der Waals surface area contributed by atoms with E-state index >= 15 is 0 Å². The van der Waals surface area contributed by atoms with Crippen LogP contribution in [0.2, 0.25) is 0 Å². The lowest BCUT2D eigenvalue weighted by molar-refractivity contribution is -0.138. The topological polar surface area (TPSA) is 115 Å². The van der Waals surface area contributed by atoms with E-state index in [9.17, 15) is 14.7 Å². The molecule has 0 aliphatic rings. The van der Waals surface area contributed by atoms with Crippen LogP contribution in [0.5, 0.6) is 11.5 Å². The SMILES string of the molecule is CCCC(=O)O.CCCC(=O)O.Cc1cc(O)cc(C)c1O. The summed E-state index contributed by atoms with van der Waals surface area (Å²) in [7, 11) is 0. The van der Waals surface area contributed by atoms with Crippen molar-refractivity contribution in [3.8, 4) is 11.5 Å². The van der Waals surface area contributed by atoms with Crippen molar-refractivity contribution in [2.75, 3.05) is 0 Å². The lowest BCUT2D eigenvalue weighted by Crippen LogP contribution is -1.90. The number of hydrogen-bond donors (Lipinski definition) is 4. The van der Waals surface area contributed by atoms with Crippen LogP contribution >= 0.6 is 0 Å². The van der Waals surface area contributed by atoms with E-state index in [1.54, 1.807) is 13.8 Å². The van der Waals surface area contributed by atoms with Crippen LogP contribution in [-0.2, 0) is 9.59 Å². The minimum atomic E-state index is -0.711. The molecular weight excluding hydrogens is 288 g/mol. The number of aromatic hydroxyl groups is 2. The third kappa shape index (κ3) is 12.8. The molecule has 1 rings (SSSR count). The molecule has 22 heavy (non-hydrogen) atoms. The number of phenols is 2. The lowest BCUT2D eigenvalue weighted by atomic mass is 10.1. The minimum absolute atomic E-state index is 0.202. The Balaban J connectivity index is 0. The Hall–Kier alpha value is -2.24. The molecule has 0 bridgehead atoms. The molecule has 126 valence electrons.